The number of halogens is 1. The van der Waals surface area contributed by atoms with Gasteiger partial charge in [0.15, 0.2) is 0 Å². The van der Waals surface area contributed by atoms with Gasteiger partial charge in [-0.3, -0.25) is 4.79 Å². The minimum atomic E-state index is -0.749. The number of pyridine rings is 1. The van der Waals surface area contributed by atoms with Crippen LogP contribution in [0.4, 0.5) is 0 Å². The first-order chi connectivity index (χ1) is 6.20. The highest BCUT2D eigenvalue weighted by Crippen LogP contribution is 2.20. The van der Waals surface area contributed by atoms with Crippen LogP contribution in [0.5, 0.6) is 5.88 Å². The van der Waals surface area contributed by atoms with Gasteiger partial charge in [-0.05, 0) is 17.7 Å². The number of ether oxygens (including phenoxy) is 1. The summed E-state index contributed by atoms with van der Waals surface area (Å²) in [5.74, 6) is 0.0686. The minimum Gasteiger partial charge on any atom is -0.480 e. The third-order valence-corrected chi connectivity index (χ3v) is 1.62. The van der Waals surface area contributed by atoms with E-state index in [1.807, 2.05) is 6.07 Å². The normalized spacial score (nSPS) is 9.00. The Morgan fingerprint density at radius 3 is 2.92 bits per heavy atom. The summed E-state index contributed by atoms with van der Waals surface area (Å²) in [5, 5.41) is 7.89. The van der Waals surface area contributed by atoms with E-state index in [1.165, 1.54) is 19.4 Å². The summed E-state index contributed by atoms with van der Waals surface area (Å²) in [6.45, 7) is 0. The van der Waals surface area contributed by atoms with Gasteiger partial charge in [0, 0.05) is 6.20 Å². The van der Waals surface area contributed by atoms with Crippen LogP contribution in [0.1, 0.15) is 15.9 Å². The van der Waals surface area contributed by atoms with Crippen LogP contribution in [-0.2, 0) is 0 Å². The molecule has 0 unspecified atom stereocenters. The molecule has 1 aromatic heterocycles. The van der Waals surface area contributed by atoms with E-state index in [0.717, 1.165) is 0 Å². The number of nitrogens with zero attached hydrogens (tertiary/aromatic N) is 2. The van der Waals surface area contributed by atoms with Crippen molar-refractivity contribution in [3.05, 3.63) is 23.4 Å². The summed E-state index contributed by atoms with van der Waals surface area (Å²) < 4.78 is 4.78. The van der Waals surface area contributed by atoms with Gasteiger partial charge in [-0.25, -0.2) is 4.98 Å². The molecule has 66 valence electrons. The fourth-order valence-corrected chi connectivity index (χ4v) is 1.06. The van der Waals surface area contributed by atoms with Crippen LogP contribution in [0.2, 0.25) is 0 Å². The highest BCUT2D eigenvalue weighted by atomic mass is 35.5. The van der Waals surface area contributed by atoms with E-state index >= 15 is 0 Å². The summed E-state index contributed by atoms with van der Waals surface area (Å²) in [7, 11) is 1.35. The third kappa shape index (κ3) is 1.76. The molecule has 1 heterocycles. The van der Waals surface area contributed by atoms with Gasteiger partial charge in [0.25, 0.3) is 5.24 Å². The Kier molecular flexibility index (Phi) is 2.83. The predicted octanol–water partition coefficient (Wildman–Crippen LogP) is 1.34. The molecule has 0 N–H and O–H groups in total. The third-order valence-electron chi connectivity index (χ3n) is 1.43. The molecule has 5 heteroatoms. The van der Waals surface area contributed by atoms with Crippen molar-refractivity contribution >= 4 is 16.8 Å². The van der Waals surface area contributed by atoms with Gasteiger partial charge in [-0.2, -0.15) is 5.26 Å². The lowest BCUT2D eigenvalue weighted by atomic mass is 10.1. The molecule has 0 aliphatic heterocycles. The van der Waals surface area contributed by atoms with Gasteiger partial charge in [0.2, 0.25) is 5.88 Å². The van der Waals surface area contributed by atoms with E-state index < -0.39 is 5.24 Å². The molecule has 0 saturated heterocycles. The highest BCUT2D eigenvalue weighted by Gasteiger charge is 2.15. The summed E-state index contributed by atoms with van der Waals surface area (Å²) in [5.41, 5.74) is 0.168. The van der Waals surface area contributed by atoms with E-state index in [1.54, 1.807) is 0 Å². The van der Waals surface area contributed by atoms with Crippen molar-refractivity contribution in [2.24, 2.45) is 0 Å². The second-order valence-corrected chi connectivity index (χ2v) is 2.47. The molecule has 13 heavy (non-hydrogen) atoms. The number of hydrogen-bond acceptors (Lipinski definition) is 4. The lowest BCUT2D eigenvalue weighted by molar-refractivity contribution is 0.107. The molecule has 0 spiro atoms. The molecule has 0 radical (unpaired) electrons. The van der Waals surface area contributed by atoms with E-state index in [-0.39, 0.29) is 17.0 Å². The molecule has 0 aliphatic rings. The maximum absolute atomic E-state index is 10.9. The zero-order valence-electron chi connectivity index (χ0n) is 6.74. The zero-order chi connectivity index (χ0) is 9.84. The highest BCUT2D eigenvalue weighted by molar-refractivity contribution is 6.68. The van der Waals surface area contributed by atoms with Crippen LogP contribution < -0.4 is 4.74 Å². The molecule has 0 amide bonds. The molecule has 4 nitrogen and oxygen atoms in total. The summed E-state index contributed by atoms with van der Waals surface area (Å²) in [6.07, 6.45) is 1.38. The van der Waals surface area contributed by atoms with Crippen molar-refractivity contribution in [2.45, 2.75) is 0 Å². The molecular formula is C8H5ClN2O2. The fourth-order valence-electron chi connectivity index (χ4n) is 0.880. The first-order valence-corrected chi connectivity index (χ1v) is 3.71. The Labute approximate surface area is 79.7 Å². The summed E-state index contributed by atoms with van der Waals surface area (Å²) >= 11 is 5.26. The molecule has 0 saturated carbocycles. The Morgan fingerprint density at radius 1 is 1.77 bits per heavy atom. The van der Waals surface area contributed by atoms with Gasteiger partial charge in [0.05, 0.1) is 12.7 Å². The number of rotatable bonds is 2. The Bertz CT molecular complexity index is 384. The number of methoxy groups -OCH3 is 1. The lowest BCUT2D eigenvalue weighted by Crippen LogP contribution is -2.01. The van der Waals surface area contributed by atoms with E-state index in [0.29, 0.717) is 0 Å². The zero-order valence-corrected chi connectivity index (χ0v) is 7.50. The fraction of sp³-hybridized carbons (Fsp3) is 0.125. The second kappa shape index (κ2) is 3.87. The molecular weight excluding hydrogens is 192 g/mol. The maximum Gasteiger partial charge on any atom is 0.259 e. The number of hydrogen-bond donors (Lipinski definition) is 0. The van der Waals surface area contributed by atoms with Crippen LogP contribution >= 0.6 is 11.6 Å². The van der Waals surface area contributed by atoms with Gasteiger partial charge in [-0.15, -0.1) is 0 Å². The smallest absolute Gasteiger partial charge is 0.259 e. The van der Waals surface area contributed by atoms with Gasteiger partial charge in [-0.1, -0.05) is 0 Å². The Morgan fingerprint density at radius 2 is 2.46 bits per heavy atom. The van der Waals surface area contributed by atoms with Crippen LogP contribution in [0.3, 0.4) is 0 Å². The van der Waals surface area contributed by atoms with Crippen molar-refractivity contribution in [1.29, 1.82) is 5.26 Å². The van der Waals surface area contributed by atoms with E-state index in [9.17, 15) is 4.79 Å². The number of carbonyl (C=O) groups is 1. The monoisotopic (exact) mass is 196 g/mol. The predicted molar refractivity (Wildman–Crippen MR) is 45.7 cm³/mol. The van der Waals surface area contributed by atoms with Crippen molar-refractivity contribution in [2.75, 3.05) is 7.11 Å². The first-order valence-electron chi connectivity index (χ1n) is 3.33. The van der Waals surface area contributed by atoms with Crippen LogP contribution in [0.15, 0.2) is 12.3 Å². The molecule has 0 atom stereocenters. The SMILES string of the molecule is COc1nccc(C#N)c1C(=O)Cl. The van der Waals surface area contributed by atoms with Gasteiger partial charge < -0.3 is 4.74 Å². The molecule has 0 bridgehead atoms. The average Bonchev–Trinajstić information content (AvgIpc) is 2.16. The van der Waals surface area contributed by atoms with Crippen molar-refractivity contribution in [3.8, 4) is 11.9 Å². The number of nitriles is 1. The van der Waals surface area contributed by atoms with Crippen molar-refractivity contribution in [1.82, 2.24) is 4.98 Å². The summed E-state index contributed by atoms with van der Waals surface area (Å²) in [6, 6.07) is 3.23. The second-order valence-electron chi connectivity index (χ2n) is 2.13. The first kappa shape index (κ1) is 9.49. The molecule has 1 rings (SSSR count). The van der Waals surface area contributed by atoms with Crippen molar-refractivity contribution < 1.29 is 9.53 Å². The van der Waals surface area contributed by atoms with E-state index in [2.05, 4.69) is 4.98 Å². The molecule has 0 fully saturated rings. The van der Waals surface area contributed by atoms with Crippen LogP contribution in [0, 0.1) is 11.3 Å². The number of aromatic nitrogens is 1. The quantitative estimate of drug-likeness (QED) is 0.670. The lowest BCUT2D eigenvalue weighted by Gasteiger charge is -2.03. The standard InChI is InChI=1S/C8H5ClN2O2/c1-13-8-6(7(9)12)5(4-10)2-3-11-8/h2-3H,1H3. The summed E-state index contributed by atoms with van der Waals surface area (Å²) in [4.78, 5) is 14.6. The maximum atomic E-state index is 10.9. The Hall–Kier alpha value is -1.60. The Balaban J connectivity index is 3.41. The minimum absolute atomic E-state index is 0.00849. The van der Waals surface area contributed by atoms with Crippen molar-refractivity contribution in [3.63, 3.8) is 0 Å². The molecule has 1 aromatic rings. The van der Waals surface area contributed by atoms with Crippen LogP contribution in [-0.4, -0.2) is 17.3 Å². The molecule has 0 aliphatic carbocycles. The molecule has 0 aromatic carbocycles. The van der Waals surface area contributed by atoms with Gasteiger partial charge in [0.1, 0.15) is 11.6 Å². The van der Waals surface area contributed by atoms with Gasteiger partial charge >= 0.3 is 0 Å². The largest absolute Gasteiger partial charge is 0.480 e. The van der Waals surface area contributed by atoms with E-state index in [4.69, 9.17) is 21.6 Å². The topological polar surface area (TPSA) is 63.0 Å². The van der Waals surface area contributed by atoms with Crippen LogP contribution in [0.25, 0.3) is 0 Å². The number of carbonyl (C=O) groups excluding carboxylic acids is 1. The average molecular weight is 197 g/mol.